The molecule has 2 unspecified atom stereocenters. The first-order valence-corrected chi connectivity index (χ1v) is 6.95. The predicted molar refractivity (Wildman–Crippen MR) is 70.3 cm³/mol. The van der Waals surface area contributed by atoms with Crippen molar-refractivity contribution in [2.45, 2.75) is 38.9 Å². The van der Waals surface area contributed by atoms with Gasteiger partial charge in [0.15, 0.2) is 0 Å². The molecule has 1 N–H and O–H groups in total. The third-order valence-corrected chi connectivity index (χ3v) is 4.20. The minimum atomic E-state index is -0.371. The van der Waals surface area contributed by atoms with Crippen molar-refractivity contribution in [2.75, 3.05) is 39.4 Å². The molecule has 18 heavy (non-hydrogen) atoms. The fraction of sp³-hybridized carbons (Fsp3) is 0.923. The van der Waals surface area contributed by atoms with Crippen molar-refractivity contribution in [2.24, 2.45) is 0 Å². The second-order valence-corrected chi connectivity index (χ2v) is 5.46. The molecule has 0 aromatic rings. The molecule has 0 aliphatic carbocycles. The zero-order valence-electron chi connectivity index (χ0n) is 11.7. The first-order valence-electron chi connectivity index (χ1n) is 6.95. The predicted octanol–water partition coefficient (Wildman–Crippen LogP) is 0.265. The fourth-order valence-corrected chi connectivity index (χ4v) is 2.72. The first kappa shape index (κ1) is 13.8. The number of carbonyl (C=O) groups excluding carboxylic acids is 1. The van der Waals surface area contributed by atoms with E-state index in [0.717, 1.165) is 45.8 Å². The van der Waals surface area contributed by atoms with Crippen molar-refractivity contribution < 1.29 is 9.53 Å². The van der Waals surface area contributed by atoms with Gasteiger partial charge in [0, 0.05) is 26.2 Å². The van der Waals surface area contributed by atoms with Crippen LogP contribution in [-0.4, -0.2) is 66.8 Å². The van der Waals surface area contributed by atoms with Gasteiger partial charge >= 0.3 is 0 Å². The van der Waals surface area contributed by atoms with Crippen molar-refractivity contribution in [1.29, 1.82) is 0 Å². The molecule has 1 amide bonds. The number of hydrogen-bond acceptors (Lipinski definition) is 4. The second-order valence-electron chi connectivity index (χ2n) is 5.46. The molecule has 0 spiro atoms. The van der Waals surface area contributed by atoms with Crippen molar-refractivity contribution in [3.63, 3.8) is 0 Å². The minimum Gasteiger partial charge on any atom is -0.379 e. The molecule has 2 aliphatic rings. The maximum atomic E-state index is 12.4. The van der Waals surface area contributed by atoms with E-state index < -0.39 is 0 Å². The van der Waals surface area contributed by atoms with Crippen LogP contribution in [0.5, 0.6) is 0 Å². The summed E-state index contributed by atoms with van der Waals surface area (Å²) in [5.41, 5.74) is -0.371. The molecule has 5 nitrogen and oxygen atoms in total. The summed E-state index contributed by atoms with van der Waals surface area (Å²) in [6.45, 7) is 11.5. The Morgan fingerprint density at radius 2 is 2.06 bits per heavy atom. The summed E-state index contributed by atoms with van der Waals surface area (Å²) in [4.78, 5) is 16.7. The van der Waals surface area contributed by atoms with Crippen LogP contribution >= 0.6 is 0 Å². The average Bonchev–Trinajstić information content (AvgIpc) is 2.60. The number of nitrogens with zero attached hydrogens (tertiary/aromatic N) is 2. The van der Waals surface area contributed by atoms with Crippen LogP contribution in [0.15, 0.2) is 0 Å². The highest BCUT2D eigenvalue weighted by Gasteiger charge is 2.44. The maximum absolute atomic E-state index is 12.4. The molecule has 5 heteroatoms. The van der Waals surface area contributed by atoms with Crippen LogP contribution in [0.3, 0.4) is 0 Å². The highest BCUT2D eigenvalue weighted by Crippen LogP contribution is 2.23. The lowest BCUT2D eigenvalue weighted by Crippen LogP contribution is -2.45. The Hall–Kier alpha value is -0.650. The molecule has 104 valence electrons. The van der Waals surface area contributed by atoms with E-state index in [1.165, 1.54) is 0 Å². The van der Waals surface area contributed by atoms with Crippen LogP contribution in [0.25, 0.3) is 0 Å². The number of morpholine rings is 1. The fourth-order valence-electron chi connectivity index (χ4n) is 2.72. The Morgan fingerprint density at radius 3 is 2.61 bits per heavy atom. The van der Waals surface area contributed by atoms with Crippen LogP contribution in [0, 0.1) is 0 Å². The third kappa shape index (κ3) is 2.68. The van der Waals surface area contributed by atoms with Gasteiger partial charge in [-0.25, -0.2) is 0 Å². The van der Waals surface area contributed by atoms with Gasteiger partial charge in [0.2, 0.25) is 5.91 Å². The Labute approximate surface area is 109 Å². The Kier molecular flexibility index (Phi) is 4.25. The zero-order chi connectivity index (χ0) is 13.2. The summed E-state index contributed by atoms with van der Waals surface area (Å²) in [6.07, 6.45) is 0.980. The lowest BCUT2D eigenvalue weighted by Gasteiger charge is -2.29. The number of hydrogen-bond donors (Lipinski definition) is 1. The van der Waals surface area contributed by atoms with Crippen LogP contribution in [0.1, 0.15) is 27.2 Å². The monoisotopic (exact) mass is 255 g/mol. The van der Waals surface area contributed by atoms with Gasteiger partial charge in [-0.3, -0.25) is 15.0 Å². The van der Waals surface area contributed by atoms with E-state index >= 15 is 0 Å². The summed E-state index contributed by atoms with van der Waals surface area (Å²) in [5, 5.41) is 3.40. The Morgan fingerprint density at radius 1 is 1.39 bits per heavy atom. The molecule has 2 heterocycles. The third-order valence-electron chi connectivity index (χ3n) is 4.20. The number of amides is 1. The largest absolute Gasteiger partial charge is 0.379 e. The van der Waals surface area contributed by atoms with Gasteiger partial charge in [0.1, 0.15) is 0 Å². The van der Waals surface area contributed by atoms with Crippen LogP contribution < -0.4 is 5.32 Å². The SMILES string of the molecule is CCC1(C)NC(C)N(CCN2CCOCC2)C1=O. The molecule has 2 saturated heterocycles. The molecule has 2 aliphatic heterocycles. The summed E-state index contributed by atoms with van der Waals surface area (Å²) >= 11 is 0. The Bertz CT molecular complexity index is 305. The summed E-state index contributed by atoms with van der Waals surface area (Å²) in [5.74, 6) is 0.241. The van der Waals surface area contributed by atoms with Crippen LogP contribution in [-0.2, 0) is 9.53 Å². The second kappa shape index (κ2) is 5.55. The zero-order valence-corrected chi connectivity index (χ0v) is 11.7. The number of nitrogens with one attached hydrogen (secondary N) is 1. The van der Waals surface area contributed by atoms with Crippen LogP contribution in [0.4, 0.5) is 0 Å². The quantitative estimate of drug-likeness (QED) is 0.783. The van der Waals surface area contributed by atoms with Crippen molar-refractivity contribution in [3.05, 3.63) is 0 Å². The average molecular weight is 255 g/mol. The van der Waals surface area contributed by atoms with E-state index in [2.05, 4.69) is 24.1 Å². The van der Waals surface area contributed by atoms with Gasteiger partial charge in [-0.15, -0.1) is 0 Å². The molecule has 2 fully saturated rings. The molecule has 0 saturated carbocycles. The molecule has 0 aromatic heterocycles. The molecule has 0 bridgehead atoms. The number of rotatable bonds is 4. The highest BCUT2D eigenvalue weighted by molar-refractivity contribution is 5.88. The van der Waals surface area contributed by atoms with Crippen molar-refractivity contribution in [3.8, 4) is 0 Å². The molecule has 2 rings (SSSR count). The van der Waals surface area contributed by atoms with Crippen molar-refractivity contribution in [1.82, 2.24) is 15.1 Å². The maximum Gasteiger partial charge on any atom is 0.243 e. The van der Waals surface area contributed by atoms with Gasteiger partial charge in [-0.1, -0.05) is 6.92 Å². The summed E-state index contributed by atoms with van der Waals surface area (Å²) in [7, 11) is 0. The van der Waals surface area contributed by atoms with E-state index in [9.17, 15) is 4.79 Å². The molecular weight excluding hydrogens is 230 g/mol. The van der Waals surface area contributed by atoms with Gasteiger partial charge in [0.05, 0.1) is 24.9 Å². The van der Waals surface area contributed by atoms with Crippen molar-refractivity contribution >= 4 is 5.91 Å². The van der Waals surface area contributed by atoms with Gasteiger partial charge in [-0.05, 0) is 20.3 Å². The van der Waals surface area contributed by atoms with E-state index in [1.54, 1.807) is 0 Å². The van der Waals surface area contributed by atoms with Crippen LogP contribution in [0.2, 0.25) is 0 Å². The number of carbonyl (C=O) groups is 1. The summed E-state index contributed by atoms with van der Waals surface area (Å²) < 4.78 is 5.33. The molecule has 2 atom stereocenters. The smallest absolute Gasteiger partial charge is 0.243 e. The normalized spacial score (nSPS) is 34.3. The van der Waals surface area contributed by atoms with Gasteiger partial charge in [0.25, 0.3) is 0 Å². The standard InChI is InChI=1S/C13H25N3O2/c1-4-13(3)12(17)16(11(2)14-13)6-5-15-7-9-18-10-8-15/h11,14H,4-10H2,1-3H3. The topological polar surface area (TPSA) is 44.8 Å². The molecular formula is C13H25N3O2. The van der Waals surface area contributed by atoms with E-state index in [-0.39, 0.29) is 17.6 Å². The summed E-state index contributed by atoms with van der Waals surface area (Å²) in [6, 6.07) is 0. The highest BCUT2D eigenvalue weighted by atomic mass is 16.5. The lowest BCUT2D eigenvalue weighted by atomic mass is 9.99. The number of ether oxygens (including phenoxy) is 1. The minimum absolute atomic E-state index is 0.142. The van der Waals surface area contributed by atoms with E-state index in [1.807, 2.05) is 11.8 Å². The lowest BCUT2D eigenvalue weighted by molar-refractivity contribution is -0.133. The Balaban J connectivity index is 1.87. The van der Waals surface area contributed by atoms with E-state index in [4.69, 9.17) is 4.74 Å². The first-order chi connectivity index (χ1) is 8.57. The van der Waals surface area contributed by atoms with Gasteiger partial charge in [-0.2, -0.15) is 0 Å². The van der Waals surface area contributed by atoms with E-state index in [0.29, 0.717) is 0 Å². The molecule has 0 radical (unpaired) electrons. The van der Waals surface area contributed by atoms with Gasteiger partial charge < -0.3 is 9.64 Å². The molecule has 0 aromatic carbocycles.